The minimum atomic E-state index is -0.441. The number of thioether (sulfide) groups is 1. The standard InChI is InChI=1S/C27H23N5O6S/c33-26-25(17-19-3-11-24(12-4-19)38-18-20-1-5-22(6-2-20)31(34)35)39-27(28-26)30-15-13-29(14-16-30)21-7-9-23(10-8-21)32(36)37/h1-12,17H,13-16,18H2/b25-17+. The van der Waals surface area contributed by atoms with Crippen LogP contribution in [0.4, 0.5) is 17.1 Å². The van der Waals surface area contributed by atoms with Crippen LogP contribution in [0.25, 0.3) is 6.08 Å². The maximum atomic E-state index is 12.6. The quantitative estimate of drug-likeness (QED) is 0.232. The Morgan fingerprint density at radius 3 is 1.97 bits per heavy atom. The third-order valence-electron chi connectivity index (χ3n) is 6.32. The lowest BCUT2D eigenvalue weighted by Gasteiger charge is -2.36. The van der Waals surface area contributed by atoms with Gasteiger partial charge < -0.3 is 14.5 Å². The summed E-state index contributed by atoms with van der Waals surface area (Å²) in [6.07, 6.45) is 1.80. The van der Waals surface area contributed by atoms with Gasteiger partial charge in [-0.3, -0.25) is 25.0 Å². The summed E-state index contributed by atoms with van der Waals surface area (Å²) in [6.45, 7) is 3.08. The number of non-ortho nitro benzene ring substituents is 2. The summed E-state index contributed by atoms with van der Waals surface area (Å²) in [5.74, 6) is 0.370. The summed E-state index contributed by atoms with van der Waals surface area (Å²) in [7, 11) is 0. The summed E-state index contributed by atoms with van der Waals surface area (Å²) in [6, 6.07) is 20.1. The maximum absolute atomic E-state index is 12.6. The molecule has 0 aliphatic carbocycles. The van der Waals surface area contributed by atoms with Crippen molar-refractivity contribution in [2.45, 2.75) is 6.61 Å². The van der Waals surface area contributed by atoms with Gasteiger partial charge in [0.25, 0.3) is 17.3 Å². The van der Waals surface area contributed by atoms with E-state index < -0.39 is 9.85 Å². The van der Waals surface area contributed by atoms with Gasteiger partial charge in [0.05, 0.1) is 14.8 Å². The van der Waals surface area contributed by atoms with Crippen LogP contribution in [0.3, 0.4) is 0 Å². The molecule has 2 heterocycles. The monoisotopic (exact) mass is 545 g/mol. The number of hydrogen-bond donors (Lipinski definition) is 0. The number of aliphatic imine (C=N–C) groups is 1. The van der Waals surface area contributed by atoms with Crippen molar-refractivity contribution >= 4 is 46.0 Å². The van der Waals surface area contributed by atoms with Crippen LogP contribution in [0.2, 0.25) is 0 Å². The average Bonchev–Trinajstić information content (AvgIpc) is 3.32. The van der Waals surface area contributed by atoms with Gasteiger partial charge >= 0.3 is 0 Å². The molecule has 0 bridgehead atoms. The fourth-order valence-corrected chi connectivity index (χ4v) is 5.13. The van der Waals surface area contributed by atoms with Crippen LogP contribution in [0.5, 0.6) is 5.75 Å². The van der Waals surface area contributed by atoms with Gasteiger partial charge in [-0.25, -0.2) is 0 Å². The van der Waals surface area contributed by atoms with Crippen LogP contribution < -0.4 is 9.64 Å². The highest BCUT2D eigenvalue weighted by Gasteiger charge is 2.28. The molecule has 2 aliphatic heterocycles. The van der Waals surface area contributed by atoms with Gasteiger partial charge in [0.15, 0.2) is 5.17 Å². The van der Waals surface area contributed by atoms with Gasteiger partial charge in [0, 0.05) is 56.1 Å². The van der Waals surface area contributed by atoms with Crippen LogP contribution in [0.15, 0.2) is 82.7 Å². The number of nitro groups is 2. The lowest BCUT2D eigenvalue weighted by molar-refractivity contribution is -0.385. The number of anilines is 1. The topological polar surface area (TPSA) is 131 Å². The van der Waals surface area contributed by atoms with Gasteiger partial charge in [-0.15, -0.1) is 0 Å². The minimum Gasteiger partial charge on any atom is -0.489 e. The number of ether oxygens (including phenoxy) is 1. The van der Waals surface area contributed by atoms with Crippen LogP contribution in [0, 0.1) is 20.2 Å². The molecule has 3 aromatic rings. The number of benzene rings is 3. The highest BCUT2D eigenvalue weighted by molar-refractivity contribution is 8.18. The molecule has 1 saturated heterocycles. The van der Waals surface area contributed by atoms with Crippen molar-refractivity contribution in [3.8, 4) is 5.75 Å². The fraction of sp³-hybridized carbons (Fsp3) is 0.185. The summed E-state index contributed by atoms with van der Waals surface area (Å²) < 4.78 is 5.77. The van der Waals surface area contributed by atoms with Crippen molar-refractivity contribution < 1.29 is 19.4 Å². The number of carbonyl (C=O) groups excluding carboxylic acids is 1. The zero-order valence-electron chi connectivity index (χ0n) is 20.6. The Hall–Kier alpha value is -4.71. The third-order valence-corrected chi connectivity index (χ3v) is 7.36. The maximum Gasteiger partial charge on any atom is 0.286 e. The van der Waals surface area contributed by atoms with Crippen LogP contribution >= 0.6 is 11.8 Å². The highest BCUT2D eigenvalue weighted by Crippen LogP contribution is 2.31. The zero-order chi connectivity index (χ0) is 27.4. The summed E-state index contributed by atoms with van der Waals surface area (Å²) in [4.78, 5) is 42.4. The molecule has 39 heavy (non-hydrogen) atoms. The first kappa shape index (κ1) is 25.9. The van der Waals surface area contributed by atoms with Crippen LogP contribution in [0.1, 0.15) is 11.1 Å². The van der Waals surface area contributed by atoms with E-state index in [4.69, 9.17) is 4.74 Å². The van der Waals surface area contributed by atoms with Gasteiger partial charge in [0.2, 0.25) is 0 Å². The molecule has 0 atom stereocenters. The molecule has 11 nitrogen and oxygen atoms in total. The SMILES string of the molecule is O=C1N=C(N2CCN(c3ccc([N+](=O)[O-])cc3)CC2)S/C1=C/c1ccc(OCc2ccc([N+](=O)[O-])cc2)cc1. The Kier molecular flexibility index (Phi) is 7.55. The van der Waals surface area contributed by atoms with Gasteiger partial charge in [-0.2, -0.15) is 4.99 Å². The second kappa shape index (κ2) is 11.4. The number of hydrogen-bond acceptors (Lipinski definition) is 9. The highest BCUT2D eigenvalue weighted by atomic mass is 32.2. The van der Waals surface area contributed by atoms with Crippen LogP contribution in [-0.4, -0.2) is 52.0 Å². The van der Waals surface area contributed by atoms with Crippen molar-refractivity contribution in [3.63, 3.8) is 0 Å². The Bertz CT molecular complexity index is 1450. The first-order valence-corrected chi connectivity index (χ1v) is 12.9. The first-order chi connectivity index (χ1) is 18.9. The third kappa shape index (κ3) is 6.24. The molecule has 0 spiro atoms. The predicted molar refractivity (Wildman–Crippen MR) is 149 cm³/mol. The number of piperazine rings is 1. The second-order valence-electron chi connectivity index (χ2n) is 8.84. The van der Waals surface area contributed by atoms with Crippen molar-refractivity contribution in [3.05, 3.63) is 109 Å². The molecular weight excluding hydrogens is 522 g/mol. The van der Waals surface area contributed by atoms with E-state index in [9.17, 15) is 25.0 Å². The van der Waals surface area contributed by atoms with E-state index >= 15 is 0 Å². The molecule has 5 rings (SSSR count). The molecule has 1 fully saturated rings. The van der Waals surface area contributed by atoms with Crippen molar-refractivity contribution in [1.82, 2.24) is 4.90 Å². The molecule has 0 saturated carbocycles. The summed E-state index contributed by atoms with van der Waals surface area (Å²) in [5, 5.41) is 22.3. The van der Waals surface area contributed by atoms with Gasteiger partial charge in [-0.1, -0.05) is 12.1 Å². The van der Waals surface area contributed by atoms with Gasteiger partial charge in [0.1, 0.15) is 12.4 Å². The Labute approximate surface area is 227 Å². The molecule has 0 N–H and O–H groups in total. The number of amides is 1. The summed E-state index contributed by atoms with van der Waals surface area (Å²) in [5.41, 5.74) is 2.69. The lowest BCUT2D eigenvalue weighted by atomic mass is 10.2. The Morgan fingerprint density at radius 1 is 0.821 bits per heavy atom. The lowest BCUT2D eigenvalue weighted by Crippen LogP contribution is -2.47. The van der Waals surface area contributed by atoms with Gasteiger partial charge in [-0.05, 0) is 65.4 Å². The molecule has 0 aromatic heterocycles. The molecule has 0 radical (unpaired) electrons. The predicted octanol–water partition coefficient (Wildman–Crippen LogP) is 4.87. The smallest absolute Gasteiger partial charge is 0.286 e. The molecule has 198 valence electrons. The fourth-order valence-electron chi connectivity index (χ4n) is 4.17. The van der Waals surface area contributed by atoms with E-state index in [0.29, 0.717) is 42.0 Å². The van der Waals surface area contributed by atoms with E-state index in [1.165, 1.54) is 36.0 Å². The molecule has 0 unspecified atom stereocenters. The van der Waals surface area contributed by atoms with E-state index in [1.54, 1.807) is 42.5 Å². The normalized spacial score (nSPS) is 16.4. The van der Waals surface area contributed by atoms with E-state index in [2.05, 4.69) is 14.8 Å². The Balaban J connectivity index is 1.13. The van der Waals surface area contributed by atoms with E-state index in [1.807, 2.05) is 12.1 Å². The average molecular weight is 546 g/mol. The van der Waals surface area contributed by atoms with E-state index in [-0.39, 0.29) is 23.9 Å². The molecule has 12 heteroatoms. The first-order valence-electron chi connectivity index (χ1n) is 12.1. The second-order valence-corrected chi connectivity index (χ2v) is 9.85. The molecule has 3 aromatic carbocycles. The van der Waals surface area contributed by atoms with Crippen molar-refractivity contribution in [2.24, 2.45) is 4.99 Å². The largest absolute Gasteiger partial charge is 0.489 e. The number of amidine groups is 1. The number of nitro benzene ring substituents is 2. The molecule has 2 aliphatic rings. The number of carbonyl (C=O) groups is 1. The van der Waals surface area contributed by atoms with Crippen LogP contribution in [-0.2, 0) is 11.4 Å². The number of rotatable bonds is 7. The molecular formula is C27H23N5O6S. The van der Waals surface area contributed by atoms with E-state index in [0.717, 1.165) is 16.8 Å². The zero-order valence-corrected chi connectivity index (χ0v) is 21.5. The summed E-state index contributed by atoms with van der Waals surface area (Å²) >= 11 is 1.35. The number of nitrogens with zero attached hydrogens (tertiary/aromatic N) is 5. The van der Waals surface area contributed by atoms with Crippen molar-refractivity contribution in [1.29, 1.82) is 0 Å². The molecule has 1 amide bonds. The minimum absolute atomic E-state index is 0.0344. The van der Waals surface area contributed by atoms with Crippen molar-refractivity contribution in [2.75, 3.05) is 31.1 Å². The Morgan fingerprint density at radius 2 is 1.38 bits per heavy atom.